The fraction of sp³-hybridized carbons (Fsp3) is 0.208. The Labute approximate surface area is 179 Å². The van der Waals surface area contributed by atoms with Gasteiger partial charge in [-0.2, -0.15) is 0 Å². The molecule has 1 amide bonds. The average Bonchev–Trinajstić information content (AvgIpc) is 3.20. The third-order valence-corrected chi connectivity index (χ3v) is 6.27. The molecule has 1 N–H and O–H groups in total. The molecule has 5 nitrogen and oxygen atoms in total. The largest absolute Gasteiger partial charge is 0.481 e. The summed E-state index contributed by atoms with van der Waals surface area (Å²) in [7, 11) is 1.58. The number of amides is 1. The van der Waals surface area contributed by atoms with Gasteiger partial charge in [-0.3, -0.25) is 4.79 Å². The van der Waals surface area contributed by atoms with Crippen LogP contribution < -0.4 is 10.1 Å². The highest BCUT2D eigenvalue weighted by Gasteiger charge is 2.36. The second-order valence-corrected chi connectivity index (χ2v) is 8.42. The van der Waals surface area contributed by atoms with E-state index in [1.165, 1.54) is 0 Å². The summed E-state index contributed by atoms with van der Waals surface area (Å²) in [5.74, 6) is 0.462. The fourth-order valence-electron chi connectivity index (χ4n) is 3.53. The normalized spacial score (nSPS) is 13.0. The van der Waals surface area contributed by atoms with Crippen LogP contribution in [-0.2, 0) is 23.2 Å². The van der Waals surface area contributed by atoms with Crippen molar-refractivity contribution in [2.45, 2.75) is 25.3 Å². The van der Waals surface area contributed by atoms with Gasteiger partial charge in [0.05, 0.1) is 27.7 Å². The molecule has 2 heterocycles. The van der Waals surface area contributed by atoms with Gasteiger partial charge in [0.25, 0.3) is 0 Å². The van der Waals surface area contributed by atoms with E-state index in [1.54, 1.807) is 24.6 Å². The van der Waals surface area contributed by atoms with Gasteiger partial charge in [0.2, 0.25) is 11.8 Å². The van der Waals surface area contributed by atoms with Gasteiger partial charge < -0.3 is 10.1 Å². The molecule has 2 aromatic heterocycles. The van der Waals surface area contributed by atoms with Crippen molar-refractivity contribution in [2.75, 3.05) is 7.11 Å². The molecule has 0 fully saturated rings. The number of aromatic nitrogens is 2. The lowest BCUT2D eigenvalue weighted by atomic mass is 9.78. The molecule has 0 radical (unpaired) electrons. The second-order valence-electron chi connectivity index (χ2n) is 7.30. The first-order valence-electron chi connectivity index (χ1n) is 9.76. The Bertz CT molecular complexity index is 1130. The fourth-order valence-corrected chi connectivity index (χ4v) is 4.65. The SMILES string of the molecule is COc1ncccc1CNC(=O)C(C)(Cc1nc2ccccc2s1)c1ccccc1. The Morgan fingerprint density at radius 2 is 1.83 bits per heavy atom. The van der Waals surface area contributed by atoms with Gasteiger partial charge in [-0.25, -0.2) is 9.97 Å². The van der Waals surface area contributed by atoms with Gasteiger partial charge >= 0.3 is 0 Å². The number of rotatable bonds is 7. The van der Waals surface area contributed by atoms with Crippen LogP contribution in [0.1, 0.15) is 23.1 Å². The monoisotopic (exact) mass is 417 g/mol. The van der Waals surface area contributed by atoms with Crippen molar-refractivity contribution in [3.05, 3.63) is 89.1 Å². The first-order chi connectivity index (χ1) is 14.6. The Kier molecular flexibility index (Phi) is 5.77. The number of benzene rings is 2. The smallest absolute Gasteiger partial charge is 0.231 e. The molecular weight excluding hydrogens is 394 g/mol. The van der Waals surface area contributed by atoms with Crippen LogP contribution in [0.25, 0.3) is 10.2 Å². The van der Waals surface area contributed by atoms with Crippen LogP contribution in [-0.4, -0.2) is 23.0 Å². The Morgan fingerprint density at radius 1 is 1.07 bits per heavy atom. The summed E-state index contributed by atoms with van der Waals surface area (Å²) < 4.78 is 6.43. The van der Waals surface area contributed by atoms with Gasteiger partial charge in [0.15, 0.2) is 0 Å². The van der Waals surface area contributed by atoms with E-state index in [-0.39, 0.29) is 5.91 Å². The van der Waals surface area contributed by atoms with Crippen molar-refractivity contribution in [2.24, 2.45) is 0 Å². The summed E-state index contributed by atoms with van der Waals surface area (Å²) in [4.78, 5) is 22.4. The standard InChI is InChI=1S/C24H23N3O2S/c1-24(18-10-4-3-5-11-18,15-21-27-19-12-6-7-13-20(19)30-21)23(28)26-16-17-9-8-14-25-22(17)29-2/h3-14H,15-16H2,1-2H3,(H,26,28). The van der Waals surface area contributed by atoms with Crippen molar-refractivity contribution in [3.63, 3.8) is 0 Å². The maximum absolute atomic E-state index is 13.5. The van der Waals surface area contributed by atoms with Gasteiger partial charge in [-0.05, 0) is 30.7 Å². The van der Waals surface area contributed by atoms with Crippen molar-refractivity contribution < 1.29 is 9.53 Å². The predicted molar refractivity (Wildman–Crippen MR) is 120 cm³/mol. The van der Waals surface area contributed by atoms with Crippen molar-refractivity contribution in [1.82, 2.24) is 15.3 Å². The molecule has 0 saturated carbocycles. The summed E-state index contributed by atoms with van der Waals surface area (Å²) in [5, 5.41) is 4.03. The Morgan fingerprint density at radius 3 is 2.60 bits per heavy atom. The molecule has 4 rings (SSSR count). The zero-order valence-corrected chi connectivity index (χ0v) is 17.8. The Balaban J connectivity index is 1.62. The summed E-state index contributed by atoms with van der Waals surface area (Å²) in [6, 6.07) is 21.7. The lowest BCUT2D eigenvalue weighted by Gasteiger charge is -2.28. The molecule has 0 saturated heterocycles. The van der Waals surface area contributed by atoms with Crippen LogP contribution in [0.4, 0.5) is 0 Å². The molecule has 0 spiro atoms. The minimum atomic E-state index is -0.759. The van der Waals surface area contributed by atoms with Crippen LogP contribution in [0, 0.1) is 0 Å². The number of thiazole rings is 1. The molecule has 0 bridgehead atoms. The van der Waals surface area contributed by atoms with Crippen LogP contribution in [0.5, 0.6) is 5.88 Å². The highest BCUT2D eigenvalue weighted by molar-refractivity contribution is 7.18. The molecule has 6 heteroatoms. The van der Waals surface area contributed by atoms with Crippen LogP contribution in [0.15, 0.2) is 72.9 Å². The molecule has 4 aromatic rings. The molecule has 1 atom stereocenters. The predicted octanol–water partition coefficient (Wildman–Crippen LogP) is 4.52. The molecule has 1 unspecified atom stereocenters. The molecule has 152 valence electrons. The number of fused-ring (bicyclic) bond motifs is 1. The lowest BCUT2D eigenvalue weighted by Crippen LogP contribution is -2.43. The van der Waals surface area contributed by atoms with E-state index in [0.29, 0.717) is 18.8 Å². The van der Waals surface area contributed by atoms with Crippen molar-refractivity contribution in [3.8, 4) is 5.88 Å². The van der Waals surface area contributed by atoms with Crippen molar-refractivity contribution in [1.29, 1.82) is 0 Å². The number of para-hydroxylation sites is 1. The van der Waals surface area contributed by atoms with Gasteiger partial charge in [-0.15, -0.1) is 11.3 Å². The van der Waals surface area contributed by atoms with E-state index in [1.807, 2.05) is 67.6 Å². The third kappa shape index (κ3) is 4.04. The number of nitrogens with zero attached hydrogens (tertiary/aromatic N) is 2. The number of hydrogen-bond donors (Lipinski definition) is 1. The van der Waals surface area contributed by atoms with Gasteiger partial charge in [-0.1, -0.05) is 48.5 Å². The van der Waals surface area contributed by atoms with Crippen LogP contribution in [0.2, 0.25) is 0 Å². The summed E-state index contributed by atoms with van der Waals surface area (Å²) in [5.41, 5.74) is 2.00. The summed E-state index contributed by atoms with van der Waals surface area (Å²) >= 11 is 1.64. The zero-order chi connectivity index (χ0) is 21.0. The van der Waals surface area contributed by atoms with E-state index in [9.17, 15) is 4.79 Å². The highest BCUT2D eigenvalue weighted by atomic mass is 32.1. The number of pyridine rings is 1. The third-order valence-electron chi connectivity index (χ3n) is 5.24. The molecular formula is C24H23N3O2S. The Hall–Kier alpha value is -3.25. The number of carbonyl (C=O) groups is 1. The van der Waals surface area contributed by atoms with E-state index in [4.69, 9.17) is 9.72 Å². The number of carbonyl (C=O) groups excluding carboxylic acids is 1. The topological polar surface area (TPSA) is 64.1 Å². The highest BCUT2D eigenvalue weighted by Crippen LogP contribution is 2.32. The second kappa shape index (κ2) is 8.63. The number of ether oxygens (including phenoxy) is 1. The first-order valence-corrected chi connectivity index (χ1v) is 10.6. The molecule has 30 heavy (non-hydrogen) atoms. The summed E-state index contributed by atoms with van der Waals surface area (Å²) in [6.45, 7) is 2.32. The number of nitrogens with one attached hydrogen (secondary N) is 1. The minimum absolute atomic E-state index is 0.0566. The minimum Gasteiger partial charge on any atom is -0.481 e. The summed E-state index contributed by atoms with van der Waals surface area (Å²) in [6.07, 6.45) is 2.19. The molecule has 2 aromatic carbocycles. The van der Waals surface area contributed by atoms with Crippen molar-refractivity contribution >= 4 is 27.5 Å². The molecule has 0 aliphatic heterocycles. The van der Waals surface area contributed by atoms with E-state index >= 15 is 0 Å². The average molecular weight is 418 g/mol. The van der Waals surface area contributed by atoms with Crippen LogP contribution in [0.3, 0.4) is 0 Å². The lowest BCUT2D eigenvalue weighted by molar-refractivity contribution is -0.126. The van der Waals surface area contributed by atoms with E-state index in [0.717, 1.165) is 26.4 Å². The molecule has 0 aliphatic rings. The van der Waals surface area contributed by atoms with Gasteiger partial charge in [0, 0.05) is 24.7 Å². The van der Waals surface area contributed by atoms with Gasteiger partial charge in [0.1, 0.15) is 0 Å². The quantitative estimate of drug-likeness (QED) is 0.480. The molecule has 0 aliphatic carbocycles. The van der Waals surface area contributed by atoms with E-state index < -0.39 is 5.41 Å². The number of methoxy groups -OCH3 is 1. The number of hydrogen-bond acceptors (Lipinski definition) is 5. The zero-order valence-electron chi connectivity index (χ0n) is 17.0. The maximum atomic E-state index is 13.5. The van der Waals surface area contributed by atoms with Crippen LogP contribution >= 0.6 is 11.3 Å². The first kappa shape index (κ1) is 20.0. The van der Waals surface area contributed by atoms with E-state index in [2.05, 4.69) is 16.4 Å². The maximum Gasteiger partial charge on any atom is 0.231 e.